The Kier molecular flexibility index (Phi) is 10.4. The van der Waals surface area contributed by atoms with Gasteiger partial charge in [-0.15, -0.1) is 0 Å². The second-order valence-electron chi connectivity index (χ2n) is 10.2. The Hall–Kier alpha value is -3.88. The maximum absolute atomic E-state index is 12.8. The predicted octanol–water partition coefficient (Wildman–Crippen LogP) is 5.77. The molecule has 0 aliphatic carbocycles. The van der Waals surface area contributed by atoms with E-state index in [2.05, 4.69) is 4.98 Å². The van der Waals surface area contributed by atoms with Crippen LogP contribution in [0, 0.1) is 13.8 Å². The van der Waals surface area contributed by atoms with E-state index in [1.807, 2.05) is 46.8 Å². The Balaban J connectivity index is 2.24. The second-order valence-corrected chi connectivity index (χ2v) is 10.2. The van der Waals surface area contributed by atoms with Crippen molar-refractivity contribution >= 4 is 30.3 Å². The number of amides is 3. The van der Waals surface area contributed by atoms with E-state index in [1.54, 1.807) is 44.9 Å². The Bertz CT molecular complexity index is 1200. The first-order chi connectivity index (χ1) is 17.8. The number of furan rings is 1. The van der Waals surface area contributed by atoms with Crippen molar-refractivity contribution in [3.63, 3.8) is 0 Å². The Labute approximate surface area is 225 Å². The Morgan fingerprint density at radius 1 is 1.16 bits per heavy atom. The summed E-state index contributed by atoms with van der Waals surface area (Å²) in [6, 6.07) is 1.61. The molecule has 2 rings (SSSR count). The van der Waals surface area contributed by atoms with Gasteiger partial charge in [0, 0.05) is 25.7 Å². The summed E-state index contributed by atoms with van der Waals surface area (Å²) in [5.41, 5.74) is 1.88. The number of allylic oxidation sites excluding steroid dienone is 2. The number of carbonyl (C=O) groups excluding carboxylic acids is 3. The average molecular weight is 526 g/mol. The molecule has 0 spiro atoms. The zero-order valence-corrected chi connectivity index (χ0v) is 23.8. The molecule has 0 aromatic carbocycles. The lowest BCUT2D eigenvalue weighted by atomic mass is 10.1. The number of nitrogens with zero attached hydrogens (tertiary/aromatic N) is 3. The first-order valence-electron chi connectivity index (χ1n) is 12.5. The summed E-state index contributed by atoms with van der Waals surface area (Å²) >= 11 is 0. The highest BCUT2D eigenvalue weighted by Crippen LogP contribution is 2.29. The number of imide groups is 1. The lowest BCUT2D eigenvalue weighted by molar-refractivity contribution is -0.125. The molecule has 0 saturated heterocycles. The highest BCUT2D eigenvalue weighted by molar-refractivity contribution is 6.03. The van der Waals surface area contributed by atoms with Crippen LogP contribution in [0.4, 0.5) is 10.6 Å². The lowest BCUT2D eigenvalue weighted by Crippen LogP contribution is -2.36. The number of likely N-dealkylation sites (N-methyl/N-ethyl adjacent to an activating group) is 1. The summed E-state index contributed by atoms with van der Waals surface area (Å²) in [4.78, 5) is 43.7. The number of anilines is 1. The van der Waals surface area contributed by atoms with Crippen molar-refractivity contribution in [2.75, 3.05) is 11.9 Å². The third-order valence-corrected chi connectivity index (χ3v) is 5.50. The molecule has 0 bridgehead atoms. The molecule has 9 nitrogen and oxygen atoms in total. The van der Waals surface area contributed by atoms with Gasteiger partial charge in [-0.05, 0) is 84.2 Å². The standard InChI is InChI=1S/C29H39N3O6/c1-10-11-12-23-20(4)21(5)25(37-23)17-31(9)26(34)14-13-22-15-24(36-19(2)3)27(30-16-22)32(18-33)28(35)38-29(6,7)8/h10-11,13-16,18-19H,12,17H2,1-9H3/b11-10-,14-13+. The van der Waals surface area contributed by atoms with Crippen LogP contribution >= 0.6 is 0 Å². The van der Waals surface area contributed by atoms with Gasteiger partial charge in [-0.25, -0.2) is 9.78 Å². The molecule has 3 amide bonds. The van der Waals surface area contributed by atoms with Crippen molar-refractivity contribution in [1.29, 1.82) is 0 Å². The van der Waals surface area contributed by atoms with Crippen LogP contribution in [0.15, 0.2) is 34.9 Å². The fourth-order valence-corrected chi connectivity index (χ4v) is 3.43. The average Bonchev–Trinajstić information content (AvgIpc) is 3.08. The first kappa shape index (κ1) is 30.3. The summed E-state index contributed by atoms with van der Waals surface area (Å²) in [7, 11) is 1.70. The molecule has 38 heavy (non-hydrogen) atoms. The molecule has 0 N–H and O–H groups in total. The number of rotatable bonds is 10. The SMILES string of the molecule is C/C=C\Cc1oc(CN(C)C(=O)/C=C/c2cnc(N(C=O)C(=O)OC(C)(C)C)c(OC(C)C)c2)c(C)c1C. The van der Waals surface area contributed by atoms with Crippen LogP contribution in [-0.2, 0) is 27.3 Å². The van der Waals surface area contributed by atoms with Gasteiger partial charge in [-0.3, -0.25) is 9.59 Å². The Morgan fingerprint density at radius 3 is 2.39 bits per heavy atom. The minimum atomic E-state index is -0.869. The predicted molar refractivity (Wildman–Crippen MR) is 147 cm³/mol. The molecule has 0 radical (unpaired) electrons. The molecule has 0 aliphatic heterocycles. The van der Waals surface area contributed by atoms with Crippen LogP contribution in [0.1, 0.15) is 69.8 Å². The molecule has 9 heteroatoms. The molecule has 2 heterocycles. The summed E-state index contributed by atoms with van der Waals surface area (Å²) in [5, 5.41) is 0. The van der Waals surface area contributed by atoms with Crippen LogP contribution in [-0.4, -0.2) is 47.0 Å². The van der Waals surface area contributed by atoms with Crippen molar-refractivity contribution in [3.8, 4) is 5.75 Å². The summed E-state index contributed by atoms with van der Waals surface area (Å²) < 4.78 is 17.1. The molecule has 2 aromatic rings. The van der Waals surface area contributed by atoms with Crippen molar-refractivity contribution < 1.29 is 28.3 Å². The van der Waals surface area contributed by atoms with E-state index in [1.165, 1.54) is 12.3 Å². The fraction of sp³-hybridized carbons (Fsp3) is 0.448. The molecule has 0 saturated carbocycles. The van der Waals surface area contributed by atoms with E-state index in [0.29, 0.717) is 24.9 Å². The molecule has 0 fully saturated rings. The van der Waals surface area contributed by atoms with Gasteiger partial charge in [-0.1, -0.05) is 12.2 Å². The van der Waals surface area contributed by atoms with Crippen LogP contribution in [0.3, 0.4) is 0 Å². The third kappa shape index (κ3) is 8.33. The van der Waals surface area contributed by atoms with Gasteiger partial charge >= 0.3 is 6.09 Å². The topological polar surface area (TPSA) is 102 Å². The smallest absolute Gasteiger partial charge is 0.422 e. The van der Waals surface area contributed by atoms with Crippen LogP contribution in [0.25, 0.3) is 6.08 Å². The molecule has 0 aliphatic rings. The maximum atomic E-state index is 12.8. The van der Waals surface area contributed by atoms with Crippen molar-refractivity contribution in [1.82, 2.24) is 9.88 Å². The summed E-state index contributed by atoms with van der Waals surface area (Å²) in [5.74, 6) is 1.62. The molecule has 0 atom stereocenters. The van der Waals surface area contributed by atoms with E-state index >= 15 is 0 Å². The van der Waals surface area contributed by atoms with E-state index in [-0.39, 0.29) is 23.6 Å². The van der Waals surface area contributed by atoms with Gasteiger partial charge in [0.25, 0.3) is 0 Å². The maximum Gasteiger partial charge on any atom is 0.422 e. The normalized spacial score (nSPS) is 11.8. The van der Waals surface area contributed by atoms with Gasteiger partial charge in [0.05, 0.1) is 12.6 Å². The van der Waals surface area contributed by atoms with Gasteiger partial charge in [0.2, 0.25) is 12.3 Å². The van der Waals surface area contributed by atoms with Crippen LogP contribution in [0.5, 0.6) is 5.75 Å². The highest BCUT2D eigenvalue weighted by Gasteiger charge is 2.27. The van der Waals surface area contributed by atoms with Crippen LogP contribution < -0.4 is 9.64 Å². The first-order valence-corrected chi connectivity index (χ1v) is 12.5. The largest absolute Gasteiger partial charge is 0.487 e. The number of carbonyl (C=O) groups is 3. The zero-order chi connectivity index (χ0) is 28.6. The highest BCUT2D eigenvalue weighted by atomic mass is 16.6. The molecular formula is C29H39N3O6. The minimum Gasteiger partial charge on any atom is -0.487 e. The van der Waals surface area contributed by atoms with Gasteiger partial charge < -0.3 is 18.8 Å². The number of aromatic nitrogens is 1. The monoisotopic (exact) mass is 525 g/mol. The van der Waals surface area contributed by atoms with Crippen molar-refractivity contribution in [2.45, 2.75) is 80.1 Å². The quantitative estimate of drug-likeness (QED) is 0.220. The van der Waals surface area contributed by atoms with Gasteiger partial charge in [0.1, 0.15) is 17.1 Å². The number of hydrogen-bond donors (Lipinski definition) is 0. The summed E-state index contributed by atoms with van der Waals surface area (Å²) in [6.07, 6.45) is 8.39. The van der Waals surface area contributed by atoms with E-state index in [4.69, 9.17) is 13.9 Å². The summed E-state index contributed by atoms with van der Waals surface area (Å²) in [6.45, 7) is 15.0. The minimum absolute atomic E-state index is 0.000862. The molecule has 2 aromatic heterocycles. The molecule has 206 valence electrons. The third-order valence-electron chi connectivity index (χ3n) is 5.50. The van der Waals surface area contributed by atoms with Crippen molar-refractivity contribution in [3.05, 3.63) is 58.7 Å². The molecular weight excluding hydrogens is 486 g/mol. The van der Waals surface area contributed by atoms with E-state index < -0.39 is 11.7 Å². The second kappa shape index (κ2) is 13.1. The van der Waals surface area contributed by atoms with E-state index in [0.717, 1.165) is 27.5 Å². The van der Waals surface area contributed by atoms with Gasteiger partial charge in [0.15, 0.2) is 11.6 Å². The van der Waals surface area contributed by atoms with Crippen LogP contribution in [0.2, 0.25) is 0 Å². The number of hydrogen-bond acceptors (Lipinski definition) is 7. The number of pyridine rings is 1. The Morgan fingerprint density at radius 2 is 1.82 bits per heavy atom. The number of ether oxygens (including phenoxy) is 2. The van der Waals surface area contributed by atoms with E-state index in [9.17, 15) is 14.4 Å². The lowest BCUT2D eigenvalue weighted by Gasteiger charge is -2.24. The fourth-order valence-electron chi connectivity index (χ4n) is 3.43. The van der Waals surface area contributed by atoms with Gasteiger partial charge in [-0.2, -0.15) is 4.90 Å². The van der Waals surface area contributed by atoms with Crippen molar-refractivity contribution in [2.24, 2.45) is 0 Å². The molecule has 0 unspecified atom stereocenters. The zero-order valence-electron chi connectivity index (χ0n) is 23.8.